The van der Waals surface area contributed by atoms with Crippen molar-refractivity contribution in [2.45, 2.75) is 58.5 Å². The molecule has 0 aliphatic heterocycles. The van der Waals surface area contributed by atoms with E-state index in [9.17, 15) is 14.4 Å². The van der Waals surface area contributed by atoms with Crippen molar-refractivity contribution in [2.24, 2.45) is 5.92 Å². The van der Waals surface area contributed by atoms with Crippen LogP contribution in [0.2, 0.25) is 0 Å². The van der Waals surface area contributed by atoms with Crippen LogP contribution in [0.25, 0.3) is 0 Å². The lowest BCUT2D eigenvalue weighted by Gasteiger charge is -2.15. The van der Waals surface area contributed by atoms with Gasteiger partial charge < -0.3 is 9.47 Å². The highest BCUT2D eigenvalue weighted by molar-refractivity contribution is 5.92. The van der Waals surface area contributed by atoms with Crippen LogP contribution < -0.4 is 0 Å². The van der Waals surface area contributed by atoms with Crippen LogP contribution in [0.4, 0.5) is 0 Å². The minimum absolute atomic E-state index is 0.202. The second-order valence-electron chi connectivity index (χ2n) is 5.23. The highest BCUT2D eigenvalue weighted by Gasteiger charge is 2.27. The molecule has 0 aromatic carbocycles. The van der Waals surface area contributed by atoms with Crippen molar-refractivity contribution in [3.05, 3.63) is 12.2 Å². The summed E-state index contributed by atoms with van der Waals surface area (Å²) in [6, 6.07) is 0. The molecule has 20 heavy (non-hydrogen) atoms. The first-order chi connectivity index (χ1) is 9.43. The van der Waals surface area contributed by atoms with E-state index in [0.29, 0.717) is 5.92 Å². The molecule has 1 aliphatic carbocycles. The first-order valence-corrected chi connectivity index (χ1v) is 7.05. The van der Waals surface area contributed by atoms with Crippen LogP contribution in [-0.4, -0.2) is 24.0 Å². The van der Waals surface area contributed by atoms with Crippen LogP contribution in [0.15, 0.2) is 12.2 Å². The number of rotatable bonds is 6. The third kappa shape index (κ3) is 5.15. The zero-order chi connectivity index (χ0) is 15.1. The third-order valence-electron chi connectivity index (χ3n) is 3.38. The van der Waals surface area contributed by atoms with Gasteiger partial charge in [-0.3, -0.25) is 4.79 Å². The van der Waals surface area contributed by atoms with Crippen LogP contribution in [0.1, 0.15) is 52.4 Å². The van der Waals surface area contributed by atoms with Crippen LogP contribution in [0.5, 0.6) is 0 Å². The van der Waals surface area contributed by atoms with Crippen molar-refractivity contribution in [2.75, 3.05) is 0 Å². The Hall–Kier alpha value is -1.65. The van der Waals surface area contributed by atoms with Gasteiger partial charge in [0.2, 0.25) is 0 Å². The molecule has 1 atom stereocenters. The van der Waals surface area contributed by atoms with Crippen molar-refractivity contribution < 1.29 is 23.9 Å². The van der Waals surface area contributed by atoms with Gasteiger partial charge in [0.05, 0.1) is 0 Å². The number of carbonyl (C=O) groups excluding carboxylic acids is 3. The Morgan fingerprint density at radius 3 is 2.35 bits per heavy atom. The maximum Gasteiger partial charge on any atom is 0.355 e. The normalized spacial score (nSPS) is 16.5. The molecule has 5 nitrogen and oxygen atoms in total. The second-order valence-corrected chi connectivity index (χ2v) is 5.23. The summed E-state index contributed by atoms with van der Waals surface area (Å²) in [5, 5.41) is 0. The maximum atomic E-state index is 11.8. The predicted molar refractivity (Wildman–Crippen MR) is 72.7 cm³/mol. The van der Waals surface area contributed by atoms with Crippen molar-refractivity contribution in [1.82, 2.24) is 0 Å². The number of esters is 3. The van der Waals surface area contributed by atoms with Gasteiger partial charge in [-0.05, 0) is 32.1 Å². The summed E-state index contributed by atoms with van der Waals surface area (Å²) in [7, 11) is 0. The average molecular weight is 282 g/mol. The largest absolute Gasteiger partial charge is 0.447 e. The molecule has 0 bridgehead atoms. The number of ether oxygens (including phenoxy) is 2. The first kappa shape index (κ1) is 16.4. The maximum absolute atomic E-state index is 11.8. The molecule has 0 radical (unpaired) electrons. The average Bonchev–Trinajstić information content (AvgIpc) is 2.87. The summed E-state index contributed by atoms with van der Waals surface area (Å²) in [5.74, 6) is -1.68. The van der Waals surface area contributed by atoms with Crippen LogP contribution in [-0.2, 0) is 23.9 Å². The van der Waals surface area contributed by atoms with E-state index in [-0.39, 0.29) is 18.4 Å². The standard InChI is InChI=1S/C15H22O5/c1-4-12(19-14(17)10(2)3)15(18)20-13(16)9-11-7-5-6-8-11/h11-12H,2,4-9H2,1,3H3. The van der Waals surface area contributed by atoms with E-state index in [1.807, 2.05) is 0 Å². The summed E-state index contributed by atoms with van der Waals surface area (Å²) in [6.45, 7) is 6.61. The Morgan fingerprint density at radius 1 is 1.25 bits per heavy atom. The van der Waals surface area contributed by atoms with Gasteiger partial charge in [-0.25, -0.2) is 9.59 Å². The second kappa shape index (κ2) is 7.82. The van der Waals surface area contributed by atoms with Gasteiger partial charge in [-0.15, -0.1) is 0 Å². The molecular weight excluding hydrogens is 260 g/mol. The molecule has 1 fully saturated rings. The van der Waals surface area contributed by atoms with Crippen LogP contribution in [0.3, 0.4) is 0 Å². The smallest absolute Gasteiger partial charge is 0.355 e. The number of carbonyl (C=O) groups is 3. The molecule has 0 spiro atoms. The molecule has 0 heterocycles. The molecule has 5 heteroatoms. The monoisotopic (exact) mass is 282 g/mol. The summed E-state index contributed by atoms with van der Waals surface area (Å²) < 4.78 is 9.69. The topological polar surface area (TPSA) is 69.7 Å². The summed E-state index contributed by atoms with van der Waals surface area (Å²) in [4.78, 5) is 34.8. The van der Waals surface area contributed by atoms with Crippen molar-refractivity contribution in [3.63, 3.8) is 0 Å². The molecule has 1 saturated carbocycles. The van der Waals surface area contributed by atoms with Gasteiger partial charge >= 0.3 is 17.9 Å². The molecule has 1 unspecified atom stereocenters. The van der Waals surface area contributed by atoms with Crippen LogP contribution >= 0.6 is 0 Å². The van der Waals surface area contributed by atoms with E-state index in [1.54, 1.807) is 6.92 Å². The molecule has 0 amide bonds. The number of hydrogen-bond donors (Lipinski definition) is 0. The van der Waals surface area contributed by atoms with Gasteiger partial charge in [-0.2, -0.15) is 0 Å². The fourth-order valence-corrected chi connectivity index (χ4v) is 2.20. The lowest BCUT2D eigenvalue weighted by Crippen LogP contribution is -2.31. The zero-order valence-corrected chi connectivity index (χ0v) is 12.1. The van der Waals surface area contributed by atoms with E-state index in [2.05, 4.69) is 6.58 Å². The van der Waals surface area contributed by atoms with E-state index in [4.69, 9.17) is 9.47 Å². The van der Waals surface area contributed by atoms with E-state index in [0.717, 1.165) is 25.7 Å². The summed E-state index contributed by atoms with van der Waals surface area (Å²) in [5.41, 5.74) is 0.202. The van der Waals surface area contributed by atoms with E-state index in [1.165, 1.54) is 6.92 Å². The molecule has 112 valence electrons. The minimum Gasteiger partial charge on any atom is -0.447 e. The van der Waals surface area contributed by atoms with Gasteiger partial charge in [-0.1, -0.05) is 26.3 Å². The van der Waals surface area contributed by atoms with Gasteiger partial charge in [0, 0.05) is 12.0 Å². The molecule has 0 aromatic rings. The highest BCUT2D eigenvalue weighted by Crippen LogP contribution is 2.27. The fraction of sp³-hybridized carbons (Fsp3) is 0.667. The predicted octanol–water partition coefficient (Wildman–Crippen LogP) is 2.53. The number of hydrogen-bond acceptors (Lipinski definition) is 5. The lowest BCUT2D eigenvalue weighted by atomic mass is 10.0. The zero-order valence-electron chi connectivity index (χ0n) is 12.1. The molecule has 1 aliphatic rings. The third-order valence-corrected chi connectivity index (χ3v) is 3.38. The van der Waals surface area contributed by atoms with E-state index >= 15 is 0 Å². The van der Waals surface area contributed by atoms with Crippen LogP contribution in [0, 0.1) is 5.92 Å². The summed E-state index contributed by atoms with van der Waals surface area (Å²) >= 11 is 0. The molecule has 0 N–H and O–H groups in total. The molecular formula is C15H22O5. The molecule has 0 saturated heterocycles. The lowest BCUT2D eigenvalue weighted by molar-refractivity contribution is -0.173. The van der Waals surface area contributed by atoms with E-state index < -0.39 is 24.0 Å². The SMILES string of the molecule is C=C(C)C(=O)OC(CC)C(=O)OC(=O)CC1CCCC1. The molecule has 1 rings (SSSR count). The Bertz CT molecular complexity index is 393. The Labute approximate surface area is 119 Å². The van der Waals surface area contributed by atoms with Gasteiger partial charge in [0.15, 0.2) is 6.10 Å². The Morgan fingerprint density at radius 2 is 1.85 bits per heavy atom. The van der Waals surface area contributed by atoms with Gasteiger partial charge in [0.1, 0.15) is 0 Å². The minimum atomic E-state index is -1.05. The Balaban J connectivity index is 2.43. The highest BCUT2D eigenvalue weighted by atomic mass is 16.6. The van der Waals surface area contributed by atoms with Crippen molar-refractivity contribution >= 4 is 17.9 Å². The summed E-state index contributed by atoms with van der Waals surface area (Å²) in [6.07, 6.45) is 3.73. The van der Waals surface area contributed by atoms with Crippen molar-refractivity contribution in [3.8, 4) is 0 Å². The first-order valence-electron chi connectivity index (χ1n) is 7.05. The van der Waals surface area contributed by atoms with Crippen molar-refractivity contribution in [1.29, 1.82) is 0 Å². The quantitative estimate of drug-likeness (QED) is 0.425. The molecule has 0 aromatic heterocycles. The van der Waals surface area contributed by atoms with Gasteiger partial charge in [0.25, 0.3) is 0 Å². The Kier molecular flexibility index (Phi) is 6.42. The fourth-order valence-electron chi connectivity index (χ4n) is 2.20.